The molecule has 0 aliphatic carbocycles. The van der Waals surface area contributed by atoms with E-state index in [-0.39, 0.29) is 6.42 Å². The summed E-state index contributed by atoms with van der Waals surface area (Å²) in [4.78, 5) is 33.0. The maximum Gasteiger partial charge on any atom is 0.323 e. The summed E-state index contributed by atoms with van der Waals surface area (Å²) < 4.78 is 0. The molecule has 0 unspecified atom stereocenters. The van der Waals surface area contributed by atoms with Crippen molar-refractivity contribution in [3.63, 3.8) is 0 Å². The molecule has 1 amide bonds. The number of hydrogen-bond acceptors (Lipinski definition) is 3. The van der Waals surface area contributed by atoms with E-state index in [1.165, 1.54) is 0 Å². The maximum absolute atomic E-state index is 11.4. The molecular formula is C9H15NO5. The Morgan fingerprint density at radius 2 is 1.53 bits per heavy atom. The van der Waals surface area contributed by atoms with Gasteiger partial charge in [-0.05, 0) is 6.42 Å². The lowest BCUT2D eigenvalue weighted by atomic mass is 10.2. The molecule has 15 heavy (non-hydrogen) atoms. The van der Waals surface area contributed by atoms with E-state index in [1.54, 1.807) is 0 Å². The SMILES string of the molecule is CCCCC(=O)N(CC(=O)O)CC(=O)O. The number of rotatable bonds is 7. The van der Waals surface area contributed by atoms with Crippen molar-refractivity contribution in [2.75, 3.05) is 13.1 Å². The third kappa shape index (κ3) is 6.48. The molecule has 0 aliphatic rings. The molecule has 0 aliphatic heterocycles. The van der Waals surface area contributed by atoms with Crippen LogP contribution in [-0.4, -0.2) is 46.0 Å². The number of carboxylic acids is 2. The molecule has 6 heteroatoms. The molecule has 0 atom stereocenters. The van der Waals surface area contributed by atoms with Crippen molar-refractivity contribution in [3.05, 3.63) is 0 Å². The van der Waals surface area contributed by atoms with Crippen molar-refractivity contribution in [3.8, 4) is 0 Å². The van der Waals surface area contributed by atoms with Gasteiger partial charge in [0.2, 0.25) is 5.91 Å². The van der Waals surface area contributed by atoms with E-state index in [4.69, 9.17) is 10.2 Å². The molecule has 2 N–H and O–H groups in total. The Kier molecular flexibility index (Phi) is 6.08. The summed E-state index contributed by atoms with van der Waals surface area (Å²) in [5.74, 6) is -2.84. The summed E-state index contributed by atoms with van der Waals surface area (Å²) in [6, 6.07) is 0. The van der Waals surface area contributed by atoms with Crippen LogP contribution in [0.1, 0.15) is 26.2 Å². The topological polar surface area (TPSA) is 94.9 Å². The Morgan fingerprint density at radius 3 is 1.87 bits per heavy atom. The van der Waals surface area contributed by atoms with E-state index in [1.807, 2.05) is 6.92 Å². The van der Waals surface area contributed by atoms with Gasteiger partial charge >= 0.3 is 11.9 Å². The number of amides is 1. The number of carboxylic acid groups (broad SMARTS) is 2. The molecule has 0 saturated heterocycles. The second kappa shape index (κ2) is 6.80. The van der Waals surface area contributed by atoms with Gasteiger partial charge in [-0.1, -0.05) is 13.3 Å². The highest BCUT2D eigenvalue weighted by atomic mass is 16.4. The monoisotopic (exact) mass is 217 g/mol. The van der Waals surface area contributed by atoms with Crippen LogP contribution in [0.4, 0.5) is 0 Å². The highest BCUT2D eigenvalue weighted by Crippen LogP contribution is 2.00. The van der Waals surface area contributed by atoms with Gasteiger partial charge in [0.15, 0.2) is 0 Å². The summed E-state index contributed by atoms with van der Waals surface area (Å²) in [5.41, 5.74) is 0. The Labute approximate surface area is 87.5 Å². The summed E-state index contributed by atoms with van der Waals surface area (Å²) in [7, 11) is 0. The van der Waals surface area contributed by atoms with Gasteiger partial charge < -0.3 is 15.1 Å². The summed E-state index contributed by atoms with van der Waals surface area (Å²) in [5, 5.41) is 17.0. The molecule has 0 aromatic heterocycles. The van der Waals surface area contributed by atoms with E-state index in [2.05, 4.69) is 0 Å². The lowest BCUT2D eigenvalue weighted by Crippen LogP contribution is -2.39. The largest absolute Gasteiger partial charge is 0.480 e. The summed E-state index contributed by atoms with van der Waals surface area (Å²) in [6.45, 7) is 0.774. The first-order valence-corrected chi connectivity index (χ1v) is 4.68. The third-order valence-corrected chi connectivity index (χ3v) is 1.75. The standard InChI is InChI=1S/C9H15NO5/c1-2-3-4-7(11)10(5-8(12)13)6-9(14)15/h2-6H2,1H3,(H,12,13)(H,14,15). The van der Waals surface area contributed by atoms with Crippen LogP contribution in [0.2, 0.25) is 0 Å². The van der Waals surface area contributed by atoms with Crippen molar-refractivity contribution in [1.29, 1.82) is 0 Å². The molecular weight excluding hydrogens is 202 g/mol. The van der Waals surface area contributed by atoms with Gasteiger partial charge in [0.1, 0.15) is 13.1 Å². The number of hydrogen-bond donors (Lipinski definition) is 2. The molecule has 0 heterocycles. The zero-order valence-corrected chi connectivity index (χ0v) is 8.60. The number of aliphatic carboxylic acids is 2. The zero-order chi connectivity index (χ0) is 11.8. The van der Waals surface area contributed by atoms with E-state index >= 15 is 0 Å². The minimum absolute atomic E-state index is 0.192. The second-order valence-electron chi connectivity index (χ2n) is 3.14. The van der Waals surface area contributed by atoms with E-state index < -0.39 is 30.9 Å². The summed E-state index contributed by atoms with van der Waals surface area (Å²) >= 11 is 0. The first-order valence-electron chi connectivity index (χ1n) is 4.68. The van der Waals surface area contributed by atoms with Gasteiger partial charge in [-0.3, -0.25) is 14.4 Å². The van der Waals surface area contributed by atoms with Gasteiger partial charge in [0.25, 0.3) is 0 Å². The van der Waals surface area contributed by atoms with Gasteiger partial charge in [-0.25, -0.2) is 0 Å². The normalized spacial score (nSPS) is 9.67. The Bertz CT molecular complexity index is 235. The number of carbonyl (C=O) groups is 3. The second-order valence-corrected chi connectivity index (χ2v) is 3.14. The molecule has 86 valence electrons. The van der Waals surface area contributed by atoms with Crippen LogP contribution in [0.25, 0.3) is 0 Å². The number of carbonyl (C=O) groups excluding carboxylic acids is 1. The zero-order valence-electron chi connectivity index (χ0n) is 8.60. The van der Waals surface area contributed by atoms with Gasteiger partial charge in [0.05, 0.1) is 0 Å². The van der Waals surface area contributed by atoms with Crippen LogP contribution < -0.4 is 0 Å². The first kappa shape index (κ1) is 13.4. The average molecular weight is 217 g/mol. The van der Waals surface area contributed by atoms with Crippen molar-refractivity contribution in [2.45, 2.75) is 26.2 Å². The van der Waals surface area contributed by atoms with Gasteiger partial charge in [0, 0.05) is 6.42 Å². The fourth-order valence-corrected chi connectivity index (χ4v) is 1.04. The van der Waals surface area contributed by atoms with Crippen LogP contribution in [0.15, 0.2) is 0 Å². The summed E-state index contributed by atoms with van der Waals surface area (Å²) in [6.07, 6.45) is 1.63. The van der Waals surface area contributed by atoms with E-state index in [0.29, 0.717) is 6.42 Å². The average Bonchev–Trinajstić information content (AvgIpc) is 2.11. The van der Waals surface area contributed by atoms with Gasteiger partial charge in [-0.15, -0.1) is 0 Å². The highest BCUT2D eigenvalue weighted by molar-refractivity contribution is 5.85. The lowest BCUT2D eigenvalue weighted by Gasteiger charge is -2.17. The first-order chi connectivity index (χ1) is 6.97. The lowest BCUT2D eigenvalue weighted by molar-refractivity contribution is -0.149. The molecule has 0 saturated carbocycles. The molecule has 0 spiro atoms. The molecule has 0 aromatic rings. The Morgan fingerprint density at radius 1 is 1.07 bits per heavy atom. The Balaban J connectivity index is 4.26. The molecule has 0 aromatic carbocycles. The van der Waals surface area contributed by atoms with E-state index in [9.17, 15) is 14.4 Å². The quantitative estimate of drug-likeness (QED) is 0.634. The Hall–Kier alpha value is -1.59. The number of unbranched alkanes of at least 4 members (excludes halogenated alkanes) is 1. The van der Waals surface area contributed by atoms with Crippen LogP contribution in [-0.2, 0) is 14.4 Å². The van der Waals surface area contributed by atoms with Crippen molar-refractivity contribution in [1.82, 2.24) is 4.90 Å². The van der Waals surface area contributed by atoms with Crippen molar-refractivity contribution >= 4 is 17.8 Å². The molecule has 0 radical (unpaired) electrons. The minimum atomic E-state index is -1.21. The fraction of sp³-hybridized carbons (Fsp3) is 0.667. The highest BCUT2D eigenvalue weighted by Gasteiger charge is 2.18. The van der Waals surface area contributed by atoms with Crippen molar-refractivity contribution in [2.24, 2.45) is 0 Å². The van der Waals surface area contributed by atoms with Crippen LogP contribution >= 0.6 is 0 Å². The molecule has 0 bridgehead atoms. The number of nitrogens with zero attached hydrogens (tertiary/aromatic N) is 1. The third-order valence-electron chi connectivity index (χ3n) is 1.75. The van der Waals surface area contributed by atoms with E-state index in [0.717, 1.165) is 11.3 Å². The van der Waals surface area contributed by atoms with Crippen molar-refractivity contribution < 1.29 is 24.6 Å². The molecule has 0 rings (SSSR count). The molecule has 6 nitrogen and oxygen atoms in total. The van der Waals surface area contributed by atoms with Gasteiger partial charge in [-0.2, -0.15) is 0 Å². The van der Waals surface area contributed by atoms with Crippen LogP contribution in [0.3, 0.4) is 0 Å². The predicted octanol–water partition coefficient (Wildman–Crippen LogP) is 0.174. The predicted molar refractivity (Wildman–Crippen MR) is 51.4 cm³/mol. The van der Waals surface area contributed by atoms with Crippen LogP contribution in [0, 0.1) is 0 Å². The molecule has 0 fully saturated rings. The van der Waals surface area contributed by atoms with Crippen LogP contribution in [0.5, 0.6) is 0 Å². The smallest absolute Gasteiger partial charge is 0.323 e. The minimum Gasteiger partial charge on any atom is -0.480 e. The maximum atomic E-state index is 11.4. The fourth-order valence-electron chi connectivity index (χ4n) is 1.04.